The normalized spacial score (nSPS) is 11.4. The number of carbonyl (C=O) groups excluding carboxylic acids is 2. The summed E-state index contributed by atoms with van der Waals surface area (Å²) >= 11 is 5.50. The lowest BCUT2D eigenvalue weighted by Crippen LogP contribution is -2.07. The summed E-state index contributed by atoms with van der Waals surface area (Å²) in [5, 5.41) is 28.6. The predicted molar refractivity (Wildman–Crippen MR) is 180 cm³/mol. The van der Waals surface area contributed by atoms with Crippen LogP contribution in [0.25, 0.3) is 0 Å². The van der Waals surface area contributed by atoms with Gasteiger partial charge in [-0.3, -0.25) is 9.59 Å². The van der Waals surface area contributed by atoms with E-state index < -0.39 is 0 Å². The summed E-state index contributed by atoms with van der Waals surface area (Å²) in [4.78, 5) is 23.8. The van der Waals surface area contributed by atoms with Crippen molar-refractivity contribution in [3.05, 3.63) is 71.8 Å². The van der Waals surface area contributed by atoms with Gasteiger partial charge in [0.05, 0.1) is 37.1 Å². The van der Waals surface area contributed by atoms with Crippen molar-refractivity contribution in [2.45, 2.75) is 40.9 Å². The Morgan fingerprint density at radius 2 is 1.02 bits per heavy atom. The second-order valence-corrected chi connectivity index (χ2v) is 12.7. The van der Waals surface area contributed by atoms with Crippen LogP contribution in [0.5, 0.6) is 0 Å². The number of esters is 2. The summed E-state index contributed by atoms with van der Waals surface area (Å²) in [6, 6.07) is 19.4. The van der Waals surface area contributed by atoms with Crippen LogP contribution in [0.2, 0.25) is 0 Å². The molecule has 0 aliphatic carbocycles. The number of rotatable bonds is 18. The molecule has 4 rings (SSSR count). The van der Waals surface area contributed by atoms with Crippen LogP contribution in [-0.4, -0.2) is 90.3 Å². The molecule has 0 spiro atoms. The highest BCUT2D eigenvalue weighted by Gasteiger charge is 2.17. The first kappa shape index (κ1) is 34.3. The van der Waals surface area contributed by atoms with E-state index in [2.05, 4.69) is 30.6 Å². The summed E-state index contributed by atoms with van der Waals surface area (Å²) < 4.78 is 13.4. The van der Waals surface area contributed by atoms with E-state index in [0.29, 0.717) is 33.8 Å². The van der Waals surface area contributed by atoms with Crippen LogP contribution in [-0.2, 0) is 19.1 Å². The Morgan fingerprint density at radius 3 is 1.40 bits per heavy atom. The van der Waals surface area contributed by atoms with Crippen LogP contribution in [0.3, 0.4) is 0 Å². The SMILES string of the molecule is CCOC(=O)CSc1nnc(SCCCSc2nnc(SCC(=O)OCC)n2/N=C/c2ccccc2)n1/N=C/c1ccccc1. The van der Waals surface area contributed by atoms with Gasteiger partial charge in [-0.25, -0.2) is 0 Å². The van der Waals surface area contributed by atoms with Crippen LogP contribution in [0, 0.1) is 0 Å². The van der Waals surface area contributed by atoms with Crippen molar-refractivity contribution < 1.29 is 19.1 Å². The standard InChI is InChI=1S/C29H32N8O4S4/c1-3-40-24(38)20-44-28-34-32-26(36(28)30-18-22-12-7-5-8-13-22)42-16-11-17-43-27-33-35-29(45-21-25(39)41-4-2)37(27)31-19-23-14-9-6-10-15-23/h5-10,12-15,18-19H,3-4,11,16-17,20-21H2,1-2H3/b30-18+,31-19+. The largest absolute Gasteiger partial charge is 0.465 e. The molecule has 0 radical (unpaired) electrons. The predicted octanol–water partition coefficient (Wildman–Crippen LogP) is 5.22. The number of ether oxygens (including phenoxy) is 2. The molecule has 2 aromatic carbocycles. The third kappa shape index (κ3) is 11.4. The Hall–Kier alpha value is -3.60. The lowest BCUT2D eigenvalue weighted by molar-refractivity contribution is -0.140. The number of hydrogen-bond acceptors (Lipinski definition) is 14. The molecule has 2 heterocycles. The Balaban J connectivity index is 1.38. The van der Waals surface area contributed by atoms with Crippen molar-refractivity contribution in [1.82, 2.24) is 29.7 Å². The average molecular weight is 685 g/mol. The summed E-state index contributed by atoms with van der Waals surface area (Å²) in [6.45, 7) is 4.18. The van der Waals surface area contributed by atoms with Crippen LogP contribution < -0.4 is 0 Å². The second-order valence-electron chi connectivity index (χ2n) is 8.70. The maximum absolute atomic E-state index is 11.9. The van der Waals surface area contributed by atoms with Gasteiger partial charge in [0.2, 0.25) is 20.6 Å². The smallest absolute Gasteiger partial charge is 0.316 e. The second kappa shape index (κ2) is 19.0. The van der Waals surface area contributed by atoms with Crippen LogP contribution in [0.1, 0.15) is 31.4 Å². The molecule has 0 aliphatic rings. The molecule has 2 aromatic heterocycles. The minimum Gasteiger partial charge on any atom is -0.465 e. The maximum atomic E-state index is 11.9. The van der Waals surface area contributed by atoms with Gasteiger partial charge in [-0.15, -0.1) is 20.4 Å². The molecule has 16 heteroatoms. The van der Waals surface area contributed by atoms with Crippen LogP contribution in [0.15, 0.2) is 91.5 Å². The van der Waals surface area contributed by atoms with Gasteiger partial charge < -0.3 is 9.47 Å². The van der Waals surface area contributed by atoms with E-state index in [1.807, 2.05) is 60.7 Å². The van der Waals surface area contributed by atoms with Crippen molar-refractivity contribution in [3.63, 3.8) is 0 Å². The molecular formula is C29H32N8O4S4. The van der Waals surface area contributed by atoms with E-state index in [9.17, 15) is 9.59 Å². The number of carbonyl (C=O) groups is 2. The Labute approximate surface area is 278 Å². The molecule has 0 saturated heterocycles. The summed E-state index contributed by atoms with van der Waals surface area (Å²) in [5.41, 5.74) is 1.86. The van der Waals surface area contributed by atoms with Crippen molar-refractivity contribution in [1.29, 1.82) is 0 Å². The quantitative estimate of drug-likeness (QED) is 0.0588. The van der Waals surface area contributed by atoms with Gasteiger partial charge >= 0.3 is 11.9 Å². The minimum atomic E-state index is -0.321. The first-order valence-electron chi connectivity index (χ1n) is 14.0. The van der Waals surface area contributed by atoms with Crippen molar-refractivity contribution in [3.8, 4) is 0 Å². The number of aromatic nitrogens is 6. The number of thioether (sulfide) groups is 4. The molecule has 45 heavy (non-hydrogen) atoms. The fourth-order valence-corrected chi connectivity index (χ4v) is 6.75. The molecule has 0 aliphatic heterocycles. The molecule has 0 amide bonds. The van der Waals surface area contributed by atoms with Crippen molar-refractivity contribution in [2.75, 3.05) is 36.2 Å². The topological polar surface area (TPSA) is 139 Å². The average Bonchev–Trinajstić information content (AvgIpc) is 3.64. The van der Waals surface area contributed by atoms with E-state index in [1.54, 1.807) is 35.6 Å². The van der Waals surface area contributed by atoms with E-state index in [1.165, 1.54) is 47.0 Å². The molecule has 12 nitrogen and oxygen atoms in total. The molecule has 0 atom stereocenters. The van der Waals surface area contributed by atoms with Crippen molar-refractivity contribution in [2.24, 2.45) is 10.2 Å². The fraction of sp³-hybridized carbons (Fsp3) is 0.310. The highest BCUT2D eigenvalue weighted by atomic mass is 32.2. The molecule has 0 N–H and O–H groups in total. The van der Waals surface area contributed by atoms with Gasteiger partial charge in [-0.1, -0.05) is 108 Å². The van der Waals surface area contributed by atoms with Gasteiger partial charge in [0.1, 0.15) is 0 Å². The van der Waals surface area contributed by atoms with Gasteiger partial charge in [0.25, 0.3) is 0 Å². The molecule has 0 fully saturated rings. The Kier molecular flexibility index (Phi) is 14.5. The molecule has 0 unspecified atom stereocenters. The van der Waals surface area contributed by atoms with E-state index >= 15 is 0 Å². The fourth-order valence-electron chi connectivity index (χ4n) is 3.43. The zero-order chi connectivity index (χ0) is 31.7. The van der Waals surface area contributed by atoms with Gasteiger partial charge in [0, 0.05) is 11.5 Å². The zero-order valence-corrected chi connectivity index (χ0v) is 28.0. The third-order valence-corrected chi connectivity index (χ3v) is 9.21. The van der Waals surface area contributed by atoms with E-state index in [-0.39, 0.29) is 23.4 Å². The Bertz CT molecular complexity index is 1450. The zero-order valence-electron chi connectivity index (χ0n) is 24.7. The lowest BCUT2D eigenvalue weighted by atomic mass is 10.2. The van der Waals surface area contributed by atoms with Crippen molar-refractivity contribution >= 4 is 71.4 Å². The summed E-state index contributed by atoms with van der Waals surface area (Å²) in [5.74, 6) is 1.06. The minimum absolute atomic E-state index is 0.113. The molecule has 236 valence electrons. The van der Waals surface area contributed by atoms with Gasteiger partial charge in [-0.2, -0.15) is 19.6 Å². The first-order valence-corrected chi connectivity index (χ1v) is 17.9. The van der Waals surface area contributed by atoms with E-state index in [0.717, 1.165) is 29.1 Å². The maximum Gasteiger partial charge on any atom is 0.316 e. The van der Waals surface area contributed by atoms with Crippen LogP contribution >= 0.6 is 47.0 Å². The molecule has 0 saturated carbocycles. The molecule has 0 bridgehead atoms. The number of hydrogen-bond donors (Lipinski definition) is 0. The molecular weight excluding hydrogens is 653 g/mol. The first-order chi connectivity index (χ1) is 22.1. The van der Waals surface area contributed by atoms with Gasteiger partial charge in [-0.05, 0) is 31.4 Å². The van der Waals surface area contributed by atoms with E-state index in [4.69, 9.17) is 9.47 Å². The van der Waals surface area contributed by atoms with Gasteiger partial charge in [0.15, 0.2) is 0 Å². The lowest BCUT2D eigenvalue weighted by Gasteiger charge is -2.05. The monoisotopic (exact) mass is 684 g/mol. The summed E-state index contributed by atoms with van der Waals surface area (Å²) in [6.07, 6.45) is 4.28. The highest BCUT2D eigenvalue weighted by molar-refractivity contribution is 8.00. The third-order valence-electron chi connectivity index (χ3n) is 5.41. The number of benzene rings is 2. The van der Waals surface area contributed by atoms with Crippen LogP contribution in [0.4, 0.5) is 0 Å². The number of nitrogens with zero attached hydrogens (tertiary/aromatic N) is 8. The summed E-state index contributed by atoms with van der Waals surface area (Å²) in [7, 11) is 0. The molecule has 4 aromatic rings. The Morgan fingerprint density at radius 1 is 0.644 bits per heavy atom. The highest BCUT2D eigenvalue weighted by Crippen LogP contribution is 2.27.